The van der Waals surface area contributed by atoms with Crippen LogP contribution in [-0.2, 0) is 4.74 Å². The summed E-state index contributed by atoms with van der Waals surface area (Å²) in [6, 6.07) is 0.596. The summed E-state index contributed by atoms with van der Waals surface area (Å²) in [4.78, 5) is 4.42. The Balaban J connectivity index is 1.78. The van der Waals surface area contributed by atoms with Crippen LogP contribution in [0, 0.1) is 5.92 Å². The molecule has 1 aliphatic heterocycles. The van der Waals surface area contributed by atoms with E-state index >= 15 is 0 Å². The monoisotopic (exact) mass is 277 g/mol. The fourth-order valence-electron chi connectivity index (χ4n) is 3.87. The zero-order valence-corrected chi connectivity index (χ0v) is 12.6. The zero-order valence-electron chi connectivity index (χ0n) is 12.6. The Morgan fingerprint density at radius 3 is 2.95 bits per heavy atom. The number of ether oxygens (including phenoxy) is 1. The molecule has 0 radical (unpaired) electrons. The van der Waals surface area contributed by atoms with Crippen molar-refractivity contribution >= 4 is 0 Å². The van der Waals surface area contributed by atoms with Crippen molar-refractivity contribution in [1.82, 2.24) is 14.9 Å². The van der Waals surface area contributed by atoms with Crippen molar-refractivity contribution < 1.29 is 4.74 Å². The molecule has 2 atom stereocenters. The minimum atomic E-state index is 0.170. The lowest BCUT2D eigenvalue weighted by Gasteiger charge is -2.33. The third kappa shape index (κ3) is 2.91. The molecular weight excluding hydrogens is 250 g/mol. The van der Waals surface area contributed by atoms with Crippen LogP contribution in [-0.4, -0.2) is 29.2 Å². The topological polar surface area (TPSA) is 39.1 Å². The minimum absolute atomic E-state index is 0.170. The van der Waals surface area contributed by atoms with Crippen LogP contribution >= 0.6 is 0 Å². The van der Waals surface area contributed by atoms with E-state index in [1.165, 1.54) is 44.2 Å². The first-order valence-electron chi connectivity index (χ1n) is 8.24. The first-order chi connectivity index (χ1) is 9.90. The second kappa shape index (κ2) is 6.72. The lowest BCUT2D eigenvalue weighted by molar-refractivity contribution is 0.0207. The van der Waals surface area contributed by atoms with Gasteiger partial charge in [0.1, 0.15) is 6.10 Å². The SMILES string of the molecule is CCC(C1CCCCC1)n1cncc1C1CNCCO1. The van der Waals surface area contributed by atoms with Crippen LogP contribution in [0.15, 0.2) is 12.5 Å². The quantitative estimate of drug-likeness (QED) is 0.919. The summed E-state index contributed by atoms with van der Waals surface area (Å²) >= 11 is 0. The van der Waals surface area contributed by atoms with Gasteiger partial charge >= 0.3 is 0 Å². The van der Waals surface area contributed by atoms with Gasteiger partial charge in [-0.1, -0.05) is 26.2 Å². The number of nitrogens with zero attached hydrogens (tertiary/aromatic N) is 2. The number of morpholine rings is 1. The van der Waals surface area contributed by atoms with Crippen LogP contribution in [0.4, 0.5) is 0 Å². The second-order valence-corrected chi connectivity index (χ2v) is 6.16. The zero-order chi connectivity index (χ0) is 13.8. The molecule has 1 aliphatic carbocycles. The molecule has 20 heavy (non-hydrogen) atoms. The Morgan fingerprint density at radius 1 is 1.40 bits per heavy atom. The van der Waals surface area contributed by atoms with Gasteiger partial charge in [-0.15, -0.1) is 0 Å². The lowest BCUT2D eigenvalue weighted by Crippen LogP contribution is -2.35. The molecule has 1 saturated heterocycles. The number of rotatable bonds is 4. The average Bonchev–Trinajstić information content (AvgIpc) is 2.99. The van der Waals surface area contributed by atoms with Crippen LogP contribution in [0.3, 0.4) is 0 Å². The molecule has 3 rings (SSSR count). The van der Waals surface area contributed by atoms with Crippen molar-refractivity contribution in [1.29, 1.82) is 0 Å². The van der Waals surface area contributed by atoms with E-state index in [1.807, 2.05) is 12.5 Å². The fraction of sp³-hybridized carbons (Fsp3) is 0.812. The van der Waals surface area contributed by atoms with Gasteiger partial charge in [0.25, 0.3) is 0 Å². The van der Waals surface area contributed by atoms with E-state index < -0.39 is 0 Å². The molecule has 0 aromatic carbocycles. The number of nitrogens with one attached hydrogen (secondary N) is 1. The van der Waals surface area contributed by atoms with E-state index in [1.54, 1.807) is 0 Å². The third-order valence-electron chi connectivity index (χ3n) is 4.92. The van der Waals surface area contributed by atoms with Crippen molar-refractivity contribution in [3.63, 3.8) is 0 Å². The molecule has 1 aromatic rings. The molecule has 0 spiro atoms. The van der Waals surface area contributed by atoms with E-state index in [0.717, 1.165) is 25.6 Å². The standard InChI is InChI=1S/C16H27N3O/c1-2-14(13-6-4-3-5-7-13)19-12-18-10-15(19)16-11-17-8-9-20-16/h10,12-14,16-17H,2-9,11H2,1H3. The Morgan fingerprint density at radius 2 is 2.25 bits per heavy atom. The third-order valence-corrected chi connectivity index (χ3v) is 4.92. The van der Waals surface area contributed by atoms with Crippen LogP contribution in [0.2, 0.25) is 0 Å². The Kier molecular flexibility index (Phi) is 4.73. The summed E-state index contributed by atoms with van der Waals surface area (Å²) in [6.45, 7) is 4.98. The highest BCUT2D eigenvalue weighted by Gasteiger charge is 2.28. The van der Waals surface area contributed by atoms with Gasteiger partial charge in [-0.05, 0) is 25.2 Å². The van der Waals surface area contributed by atoms with E-state index in [2.05, 4.69) is 21.8 Å². The van der Waals surface area contributed by atoms with Gasteiger partial charge in [-0.3, -0.25) is 0 Å². The first-order valence-corrected chi connectivity index (χ1v) is 8.24. The second-order valence-electron chi connectivity index (χ2n) is 6.16. The van der Waals surface area contributed by atoms with Crippen LogP contribution < -0.4 is 5.32 Å². The van der Waals surface area contributed by atoms with Gasteiger partial charge < -0.3 is 14.6 Å². The molecule has 112 valence electrons. The highest BCUT2D eigenvalue weighted by Crippen LogP contribution is 2.36. The Bertz CT molecular complexity index is 406. The largest absolute Gasteiger partial charge is 0.369 e. The summed E-state index contributed by atoms with van der Waals surface area (Å²) in [5, 5.41) is 3.42. The van der Waals surface area contributed by atoms with Gasteiger partial charge in [0.2, 0.25) is 0 Å². The van der Waals surface area contributed by atoms with Gasteiger partial charge in [0.15, 0.2) is 0 Å². The molecule has 2 unspecified atom stereocenters. The number of hydrogen-bond acceptors (Lipinski definition) is 3. The van der Waals surface area contributed by atoms with Crippen LogP contribution in [0.25, 0.3) is 0 Å². The Labute approximate surface area is 121 Å². The first kappa shape index (κ1) is 14.1. The molecule has 1 aromatic heterocycles. The highest BCUT2D eigenvalue weighted by atomic mass is 16.5. The molecule has 2 heterocycles. The summed E-state index contributed by atoms with van der Waals surface area (Å²) in [5.74, 6) is 0.818. The number of aromatic nitrogens is 2. The van der Waals surface area contributed by atoms with Crippen LogP contribution in [0.1, 0.15) is 63.3 Å². The molecular formula is C16H27N3O. The van der Waals surface area contributed by atoms with Gasteiger partial charge in [0, 0.05) is 19.1 Å². The number of hydrogen-bond donors (Lipinski definition) is 1. The maximum atomic E-state index is 5.92. The predicted molar refractivity (Wildman–Crippen MR) is 79.7 cm³/mol. The van der Waals surface area contributed by atoms with Crippen LogP contribution in [0.5, 0.6) is 0 Å². The molecule has 1 N–H and O–H groups in total. The Hall–Kier alpha value is -0.870. The average molecular weight is 277 g/mol. The maximum absolute atomic E-state index is 5.92. The molecule has 4 nitrogen and oxygen atoms in total. The molecule has 0 bridgehead atoms. The van der Waals surface area contributed by atoms with Gasteiger partial charge in [-0.25, -0.2) is 4.98 Å². The van der Waals surface area contributed by atoms with Crippen molar-refractivity contribution in [2.24, 2.45) is 5.92 Å². The van der Waals surface area contributed by atoms with Crippen molar-refractivity contribution in [3.05, 3.63) is 18.2 Å². The maximum Gasteiger partial charge on any atom is 0.111 e. The normalized spacial score (nSPS) is 26.6. The molecule has 0 amide bonds. The molecule has 1 saturated carbocycles. The fourth-order valence-corrected chi connectivity index (χ4v) is 3.87. The van der Waals surface area contributed by atoms with Gasteiger partial charge in [-0.2, -0.15) is 0 Å². The number of imidazole rings is 1. The summed E-state index contributed by atoms with van der Waals surface area (Å²) in [6.07, 6.45) is 12.3. The summed E-state index contributed by atoms with van der Waals surface area (Å²) in [5.41, 5.74) is 1.26. The summed E-state index contributed by atoms with van der Waals surface area (Å²) in [7, 11) is 0. The predicted octanol–water partition coefficient (Wildman–Crippen LogP) is 3.08. The van der Waals surface area contributed by atoms with Crippen molar-refractivity contribution in [2.45, 2.75) is 57.6 Å². The highest BCUT2D eigenvalue weighted by molar-refractivity contribution is 5.07. The van der Waals surface area contributed by atoms with Crippen molar-refractivity contribution in [3.8, 4) is 0 Å². The van der Waals surface area contributed by atoms with E-state index in [4.69, 9.17) is 4.74 Å². The van der Waals surface area contributed by atoms with Crippen molar-refractivity contribution in [2.75, 3.05) is 19.7 Å². The molecule has 2 aliphatic rings. The van der Waals surface area contributed by atoms with Gasteiger partial charge in [0.05, 0.1) is 24.8 Å². The van der Waals surface area contributed by atoms with E-state index in [9.17, 15) is 0 Å². The smallest absolute Gasteiger partial charge is 0.111 e. The minimum Gasteiger partial charge on any atom is -0.369 e. The molecule has 4 heteroatoms. The van der Waals surface area contributed by atoms with E-state index in [0.29, 0.717) is 6.04 Å². The lowest BCUT2D eigenvalue weighted by atomic mass is 9.82. The van der Waals surface area contributed by atoms with E-state index in [-0.39, 0.29) is 6.10 Å². The molecule has 2 fully saturated rings. The summed E-state index contributed by atoms with van der Waals surface area (Å²) < 4.78 is 8.33.